The number of benzene rings is 3. The molecule has 30 heavy (non-hydrogen) atoms. The van der Waals surface area contributed by atoms with Crippen LogP contribution in [-0.4, -0.2) is 24.0 Å². The van der Waals surface area contributed by atoms with E-state index >= 15 is 0 Å². The maximum Gasteiger partial charge on any atom is 0.118 e. The van der Waals surface area contributed by atoms with Crippen LogP contribution in [0.2, 0.25) is 15.1 Å². The summed E-state index contributed by atoms with van der Waals surface area (Å²) in [5.41, 5.74) is 3.89. The van der Waals surface area contributed by atoms with E-state index in [0.29, 0.717) is 20.8 Å². The zero-order valence-corrected chi connectivity index (χ0v) is 18.5. The van der Waals surface area contributed by atoms with E-state index in [9.17, 15) is 0 Å². The molecule has 1 heterocycles. The molecule has 0 amide bonds. The van der Waals surface area contributed by atoms with Crippen molar-refractivity contribution in [3.8, 4) is 39.7 Å². The van der Waals surface area contributed by atoms with E-state index < -0.39 is 0 Å². The molecule has 0 radical (unpaired) electrons. The zero-order valence-electron chi connectivity index (χ0n) is 16.2. The van der Waals surface area contributed by atoms with Crippen molar-refractivity contribution in [2.24, 2.45) is 0 Å². The molecular weight excluding hydrogens is 443 g/mol. The van der Waals surface area contributed by atoms with Crippen molar-refractivity contribution in [2.75, 3.05) is 14.2 Å². The number of aromatic nitrogens is 2. The van der Waals surface area contributed by atoms with Crippen LogP contribution < -0.4 is 9.47 Å². The van der Waals surface area contributed by atoms with Crippen LogP contribution in [0.3, 0.4) is 0 Å². The lowest BCUT2D eigenvalue weighted by Gasteiger charge is -2.10. The van der Waals surface area contributed by atoms with Crippen LogP contribution >= 0.6 is 34.8 Å². The van der Waals surface area contributed by atoms with E-state index in [4.69, 9.17) is 49.4 Å². The molecule has 0 fully saturated rings. The van der Waals surface area contributed by atoms with Gasteiger partial charge < -0.3 is 9.47 Å². The molecule has 0 saturated heterocycles. The number of methoxy groups -OCH3 is 2. The summed E-state index contributed by atoms with van der Waals surface area (Å²) in [6.45, 7) is 0. The van der Waals surface area contributed by atoms with E-state index in [1.165, 1.54) is 0 Å². The summed E-state index contributed by atoms with van der Waals surface area (Å²) < 4.78 is 12.3. The van der Waals surface area contributed by atoms with E-state index in [2.05, 4.69) is 0 Å². The predicted molar refractivity (Wildman–Crippen MR) is 123 cm³/mol. The van der Waals surface area contributed by atoms with Gasteiger partial charge in [0.15, 0.2) is 0 Å². The molecule has 0 atom stereocenters. The van der Waals surface area contributed by atoms with E-state index in [1.54, 1.807) is 31.0 Å². The minimum Gasteiger partial charge on any atom is -0.497 e. The molecule has 1 aromatic heterocycles. The Morgan fingerprint density at radius 1 is 0.700 bits per heavy atom. The van der Waals surface area contributed by atoms with Crippen LogP contribution in [0.1, 0.15) is 0 Å². The van der Waals surface area contributed by atoms with Gasteiger partial charge in [0, 0.05) is 11.1 Å². The number of hydrogen-bond donors (Lipinski definition) is 0. The van der Waals surface area contributed by atoms with E-state index in [1.807, 2.05) is 54.6 Å². The number of hydrogen-bond acceptors (Lipinski definition) is 3. The van der Waals surface area contributed by atoms with Gasteiger partial charge >= 0.3 is 0 Å². The minimum atomic E-state index is 0.437. The van der Waals surface area contributed by atoms with Crippen LogP contribution in [0.15, 0.2) is 66.7 Å². The molecule has 0 saturated carbocycles. The Hall–Kier alpha value is -2.66. The average Bonchev–Trinajstić information content (AvgIpc) is 3.12. The first kappa shape index (κ1) is 20.6. The van der Waals surface area contributed by atoms with Gasteiger partial charge in [0.25, 0.3) is 0 Å². The van der Waals surface area contributed by atoms with Gasteiger partial charge in [-0.2, -0.15) is 5.10 Å². The van der Waals surface area contributed by atoms with Gasteiger partial charge in [-0.1, -0.05) is 34.8 Å². The maximum absolute atomic E-state index is 6.86. The van der Waals surface area contributed by atoms with Crippen molar-refractivity contribution < 1.29 is 9.47 Å². The Kier molecular flexibility index (Phi) is 5.91. The second-order valence-corrected chi connectivity index (χ2v) is 7.67. The second kappa shape index (κ2) is 8.60. The molecule has 4 aromatic rings. The highest BCUT2D eigenvalue weighted by atomic mass is 35.5. The molecule has 0 aliphatic rings. The molecule has 4 nitrogen and oxygen atoms in total. The average molecular weight is 460 g/mol. The third kappa shape index (κ3) is 3.86. The Balaban J connectivity index is 1.92. The molecule has 0 unspecified atom stereocenters. The lowest BCUT2D eigenvalue weighted by molar-refractivity contribution is 0.414. The predicted octanol–water partition coefficient (Wildman–Crippen LogP) is 7.18. The van der Waals surface area contributed by atoms with Crippen LogP contribution in [0.4, 0.5) is 0 Å². The summed E-state index contributed by atoms with van der Waals surface area (Å²) in [4.78, 5) is 0. The highest BCUT2D eigenvalue weighted by molar-refractivity contribution is 6.42. The van der Waals surface area contributed by atoms with Crippen molar-refractivity contribution in [3.63, 3.8) is 0 Å². The van der Waals surface area contributed by atoms with Gasteiger partial charge in [0.2, 0.25) is 0 Å². The van der Waals surface area contributed by atoms with Gasteiger partial charge in [-0.25, -0.2) is 4.68 Å². The SMILES string of the molecule is COc1ccc(-c2nn(-c3ccc(Cl)c(Cl)c3)c(-c3ccc(OC)cc3)c2Cl)cc1. The van der Waals surface area contributed by atoms with Gasteiger partial charge in [0.1, 0.15) is 17.2 Å². The van der Waals surface area contributed by atoms with Crippen molar-refractivity contribution in [3.05, 3.63) is 81.8 Å². The molecule has 7 heteroatoms. The number of ether oxygens (including phenoxy) is 2. The maximum atomic E-state index is 6.86. The molecule has 152 valence electrons. The quantitative estimate of drug-likeness (QED) is 0.317. The Bertz CT molecular complexity index is 1190. The van der Waals surface area contributed by atoms with Crippen LogP contribution in [-0.2, 0) is 0 Å². The first-order valence-electron chi connectivity index (χ1n) is 9.04. The Morgan fingerprint density at radius 3 is 1.80 bits per heavy atom. The first-order valence-corrected chi connectivity index (χ1v) is 10.2. The highest BCUT2D eigenvalue weighted by Gasteiger charge is 2.21. The molecule has 4 rings (SSSR count). The number of rotatable bonds is 5. The molecule has 3 aromatic carbocycles. The monoisotopic (exact) mass is 458 g/mol. The largest absolute Gasteiger partial charge is 0.497 e. The topological polar surface area (TPSA) is 36.3 Å². The van der Waals surface area contributed by atoms with Gasteiger partial charge in [-0.15, -0.1) is 0 Å². The molecule has 0 aliphatic carbocycles. The first-order chi connectivity index (χ1) is 14.5. The fourth-order valence-electron chi connectivity index (χ4n) is 3.13. The van der Waals surface area contributed by atoms with Crippen molar-refractivity contribution in [1.82, 2.24) is 9.78 Å². The van der Waals surface area contributed by atoms with Crippen LogP contribution in [0.5, 0.6) is 11.5 Å². The third-order valence-electron chi connectivity index (χ3n) is 4.70. The smallest absolute Gasteiger partial charge is 0.118 e. The summed E-state index contributed by atoms with van der Waals surface area (Å²) in [6, 6.07) is 20.6. The minimum absolute atomic E-state index is 0.437. The normalized spacial score (nSPS) is 10.8. The number of nitrogens with zero attached hydrogens (tertiary/aromatic N) is 2. The van der Waals surface area contributed by atoms with E-state index in [0.717, 1.165) is 34.0 Å². The van der Waals surface area contributed by atoms with Gasteiger partial charge in [-0.3, -0.25) is 0 Å². The second-order valence-electron chi connectivity index (χ2n) is 6.48. The van der Waals surface area contributed by atoms with Gasteiger partial charge in [0.05, 0.1) is 40.7 Å². The van der Waals surface area contributed by atoms with Crippen molar-refractivity contribution in [1.29, 1.82) is 0 Å². The Morgan fingerprint density at radius 2 is 1.27 bits per heavy atom. The van der Waals surface area contributed by atoms with Crippen molar-refractivity contribution in [2.45, 2.75) is 0 Å². The molecule has 0 N–H and O–H groups in total. The molecular formula is C23H17Cl3N2O2. The zero-order chi connectivity index (χ0) is 21.3. The lowest BCUT2D eigenvalue weighted by atomic mass is 10.1. The van der Waals surface area contributed by atoms with Gasteiger partial charge in [-0.05, 0) is 66.7 Å². The highest BCUT2D eigenvalue weighted by Crippen LogP contribution is 2.39. The van der Waals surface area contributed by atoms with E-state index in [-0.39, 0.29) is 0 Å². The molecule has 0 aliphatic heterocycles. The summed E-state index contributed by atoms with van der Waals surface area (Å²) >= 11 is 19.2. The Labute approximate surface area is 189 Å². The van der Waals surface area contributed by atoms with Crippen LogP contribution in [0, 0.1) is 0 Å². The summed E-state index contributed by atoms with van der Waals surface area (Å²) in [6.07, 6.45) is 0. The summed E-state index contributed by atoms with van der Waals surface area (Å²) in [5, 5.41) is 6.24. The third-order valence-corrected chi connectivity index (χ3v) is 5.80. The fraction of sp³-hybridized carbons (Fsp3) is 0.0870. The summed E-state index contributed by atoms with van der Waals surface area (Å²) in [7, 11) is 3.26. The van der Waals surface area contributed by atoms with Crippen molar-refractivity contribution >= 4 is 34.8 Å². The molecule has 0 spiro atoms. The van der Waals surface area contributed by atoms with Crippen LogP contribution in [0.25, 0.3) is 28.2 Å². The lowest BCUT2D eigenvalue weighted by Crippen LogP contribution is -1.99. The summed E-state index contributed by atoms with van der Waals surface area (Å²) in [5.74, 6) is 1.51. The molecule has 0 bridgehead atoms. The standard InChI is InChI=1S/C23H17Cl3N2O2/c1-29-17-8-3-14(4-9-17)22-21(26)23(15-5-10-18(30-2)11-6-15)28(27-22)16-7-12-19(24)20(25)13-16/h3-13H,1-2H3. The fourth-order valence-corrected chi connectivity index (χ4v) is 3.76. The number of halogens is 3.